The molecule has 3 heteroatoms. The van der Waals surface area contributed by atoms with E-state index in [1.165, 1.54) is 7.11 Å². The predicted octanol–water partition coefficient (Wildman–Crippen LogP) is 2.81. The SMILES string of the molecule is COC(=O)/C=C1/CCC[C@@]2(C=O)CCC=CC[C@@H]12. The monoisotopic (exact) mass is 248 g/mol. The van der Waals surface area contributed by atoms with Gasteiger partial charge in [0.1, 0.15) is 6.29 Å². The molecule has 2 rings (SSSR count). The van der Waals surface area contributed by atoms with Crippen LogP contribution in [0.1, 0.15) is 38.5 Å². The summed E-state index contributed by atoms with van der Waals surface area (Å²) in [6.07, 6.45) is 12.6. The second-order valence-electron chi connectivity index (χ2n) is 5.25. The van der Waals surface area contributed by atoms with E-state index in [0.717, 1.165) is 50.4 Å². The molecule has 0 aromatic heterocycles. The third-order valence-electron chi connectivity index (χ3n) is 4.30. The average Bonchev–Trinajstić information content (AvgIpc) is 2.62. The first-order valence-electron chi connectivity index (χ1n) is 6.61. The molecule has 0 spiro atoms. The molecular formula is C15H20O3. The zero-order chi connectivity index (χ0) is 13.0. The fourth-order valence-corrected chi connectivity index (χ4v) is 3.31. The molecular weight excluding hydrogens is 228 g/mol. The quantitative estimate of drug-likeness (QED) is 0.326. The lowest BCUT2D eigenvalue weighted by atomic mass is 9.62. The summed E-state index contributed by atoms with van der Waals surface area (Å²) in [7, 11) is 1.39. The highest BCUT2D eigenvalue weighted by atomic mass is 16.5. The van der Waals surface area contributed by atoms with Crippen LogP contribution in [0.15, 0.2) is 23.8 Å². The van der Waals surface area contributed by atoms with Crippen molar-refractivity contribution in [3.8, 4) is 0 Å². The molecule has 98 valence electrons. The predicted molar refractivity (Wildman–Crippen MR) is 68.9 cm³/mol. The van der Waals surface area contributed by atoms with Crippen molar-refractivity contribution < 1.29 is 14.3 Å². The van der Waals surface area contributed by atoms with Gasteiger partial charge < -0.3 is 9.53 Å². The molecule has 1 saturated carbocycles. The van der Waals surface area contributed by atoms with Crippen LogP contribution in [0.25, 0.3) is 0 Å². The van der Waals surface area contributed by atoms with Crippen molar-refractivity contribution in [3.63, 3.8) is 0 Å². The minimum Gasteiger partial charge on any atom is -0.466 e. The van der Waals surface area contributed by atoms with Crippen LogP contribution in [-0.4, -0.2) is 19.4 Å². The third kappa shape index (κ3) is 2.40. The molecule has 0 amide bonds. The van der Waals surface area contributed by atoms with Crippen molar-refractivity contribution in [1.82, 2.24) is 0 Å². The Morgan fingerprint density at radius 3 is 3.00 bits per heavy atom. The van der Waals surface area contributed by atoms with Crippen LogP contribution >= 0.6 is 0 Å². The minimum atomic E-state index is -0.306. The number of ether oxygens (including phenoxy) is 1. The molecule has 0 bridgehead atoms. The Kier molecular flexibility index (Phi) is 4.00. The Balaban J connectivity index is 2.32. The Labute approximate surface area is 108 Å². The van der Waals surface area contributed by atoms with E-state index in [0.29, 0.717) is 0 Å². The number of allylic oxidation sites excluding steroid dienone is 3. The second-order valence-corrected chi connectivity index (χ2v) is 5.25. The molecule has 0 N–H and O–H groups in total. The average molecular weight is 248 g/mol. The molecule has 0 saturated heterocycles. The Hall–Kier alpha value is -1.38. The van der Waals surface area contributed by atoms with Gasteiger partial charge in [0, 0.05) is 11.5 Å². The van der Waals surface area contributed by atoms with Crippen LogP contribution in [0.2, 0.25) is 0 Å². The Bertz CT molecular complexity index is 395. The van der Waals surface area contributed by atoms with Gasteiger partial charge in [-0.05, 0) is 44.4 Å². The van der Waals surface area contributed by atoms with Crippen LogP contribution in [0, 0.1) is 11.3 Å². The second kappa shape index (κ2) is 5.51. The largest absolute Gasteiger partial charge is 0.466 e. The number of fused-ring (bicyclic) bond motifs is 1. The first-order valence-corrected chi connectivity index (χ1v) is 6.61. The number of esters is 1. The van der Waals surface area contributed by atoms with Gasteiger partial charge in [0.05, 0.1) is 7.11 Å². The molecule has 2 aliphatic carbocycles. The number of hydrogen-bond acceptors (Lipinski definition) is 3. The summed E-state index contributed by atoms with van der Waals surface area (Å²) in [5.41, 5.74) is 0.827. The van der Waals surface area contributed by atoms with Gasteiger partial charge in [-0.3, -0.25) is 0 Å². The van der Waals surface area contributed by atoms with Gasteiger partial charge in [-0.15, -0.1) is 0 Å². The maximum atomic E-state index is 11.6. The first-order chi connectivity index (χ1) is 8.72. The highest BCUT2D eigenvalue weighted by molar-refractivity contribution is 5.83. The minimum absolute atomic E-state index is 0.182. The maximum absolute atomic E-state index is 11.6. The molecule has 0 aromatic rings. The van der Waals surface area contributed by atoms with Crippen molar-refractivity contribution in [2.45, 2.75) is 38.5 Å². The third-order valence-corrected chi connectivity index (χ3v) is 4.30. The van der Waals surface area contributed by atoms with Crippen molar-refractivity contribution in [1.29, 1.82) is 0 Å². The van der Waals surface area contributed by atoms with E-state index in [4.69, 9.17) is 4.74 Å². The summed E-state index contributed by atoms with van der Waals surface area (Å²) in [6, 6.07) is 0. The normalized spacial score (nSPS) is 33.6. The molecule has 18 heavy (non-hydrogen) atoms. The molecule has 2 atom stereocenters. The van der Waals surface area contributed by atoms with E-state index >= 15 is 0 Å². The summed E-state index contributed by atoms with van der Waals surface area (Å²) in [4.78, 5) is 23.0. The number of carbonyl (C=O) groups is 2. The Morgan fingerprint density at radius 1 is 1.44 bits per heavy atom. The highest BCUT2D eigenvalue weighted by Crippen LogP contribution is 2.49. The molecule has 2 aliphatic rings. The zero-order valence-corrected chi connectivity index (χ0v) is 10.9. The van der Waals surface area contributed by atoms with E-state index < -0.39 is 0 Å². The van der Waals surface area contributed by atoms with Crippen LogP contribution in [0.5, 0.6) is 0 Å². The molecule has 1 fully saturated rings. The number of rotatable bonds is 2. The lowest BCUT2D eigenvalue weighted by Crippen LogP contribution is -2.36. The van der Waals surface area contributed by atoms with Gasteiger partial charge in [0.25, 0.3) is 0 Å². The standard InChI is InChI=1S/C15H20O3/c1-18-14(17)10-12-6-5-9-15(11-16)8-4-2-3-7-13(12)15/h2-3,10-11,13H,4-9H2,1H3/b12-10-/t13-,15+/m0/s1. The first kappa shape index (κ1) is 13.1. The van der Waals surface area contributed by atoms with E-state index in [1.54, 1.807) is 6.08 Å². The van der Waals surface area contributed by atoms with Crippen molar-refractivity contribution in [2.24, 2.45) is 11.3 Å². The number of carbonyl (C=O) groups excluding carboxylic acids is 2. The van der Waals surface area contributed by atoms with E-state index in [2.05, 4.69) is 12.2 Å². The van der Waals surface area contributed by atoms with Gasteiger partial charge in [-0.1, -0.05) is 17.7 Å². The molecule has 3 nitrogen and oxygen atoms in total. The molecule has 0 heterocycles. The van der Waals surface area contributed by atoms with Gasteiger partial charge in [-0.25, -0.2) is 4.79 Å². The van der Waals surface area contributed by atoms with Crippen LogP contribution in [0.4, 0.5) is 0 Å². The summed E-state index contributed by atoms with van der Waals surface area (Å²) < 4.78 is 4.71. The van der Waals surface area contributed by atoms with Gasteiger partial charge >= 0.3 is 5.97 Å². The summed E-state index contributed by atoms with van der Waals surface area (Å²) in [6.45, 7) is 0. The lowest BCUT2D eigenvalue weighted by molar-refractivity contribution is -0.135. The smallest absolute Gasteiger partial charge is 0.330 e. The van der Waals surface area contributed by atoms with Crippen molar-refractivity contribution in [2.75, 3.05) is 7.11 Å². The van der Waals surface area contributed by atoms with Crippen molar-refractivity contribution >= 4 is 12.3 Å². The van der Waals surface area contributed by atoms with Gasteiger partial charge in [0.15, 0.2) is 0 Å². The zero-order valence-electron chi connectivity index (χ0n) is 10.9. The molecule has 0 aliphatic heterocycles. The number of aldehydes is 1. The lowest BCUT2D eigenvalue weighted by Gasteiger charge is -2.40. The summed E-state index contributed by atoms with van der Waals surface area (Å²) in [5, 5.41) is 0. The highest BCUT2D eigenvalue weighted by Gasteiger charge is 2.42. The van der Waals surface area contributed by atoms with E-state index in [1.807, 2.05) is 0 Å². The summed E-state index contributed by atoms with van der Waals surface area (Å²) in [5.74, 6) is -0.124. The van der Waals surface area contributed by atoms with Crippen LogP contribution in [-0.2, 0) is 14.3 Å². The number of methoxy groups -OCH3 is 1. The van der Waals surface area contributed by atoms with E-state index in [-0.39, 0.29) is 17.3 Å². The van der Waals surface area contributed by atoms with Crippen LogP contribution < -0.4 is 0 Å². The number of hydrogen-bond donors (Lipinski definition) is 0. The van der Waals surface area contributed by atoms with E-state index in [9.17, 15) is 9.59 Å². The fraction of sp³-hybridized carbons (Fsp3) is 0.600. The van der Waals surface area contributed by atoms with Gasteiger partial charge in [0.2, 0.25) is 0 Å². The summed E-state index contributed by atoms with van der Waals surface area (Å²) >= 11 is 0. The van der Waals surface area contributed by atoms with Gasteiger partial charge in [-0.2, -0.15) is 0 Å². The maximum Gasteiger partial charge on any atom is 0.330 e. The topological polar surface area (TPSA) is 43.4 Å². The molecule has 0 radical (unpaired) electrons. The van der Waals surface area contributed by atoms with Crippen molar-refractivity contribution in [3.05, 3.63) is 23.8 Å². The Morgan fingerprint density at radius 2 is 2.28 bits per heavy atom. The molecule has 0 unspecified atom stereocenters. The van der Waals surface area contributed by atoms with Crippen LogP contribution in [0.3, 0.4) is 0 Å². The fourth-order valence-electron chi connectivity index (χ4n) is 3.31. The molecule has 0 aromatic carbocycles.